The van der Waals surface area contributed by atoms with Crippen molar-refractivity contribution in [3.8, 4) is 11.2 Å². The van der Waals surface area contributed by atoms with Crippen molar-refractivity contribution >= 4 is 11.8 Å². The Morgan fingerprint density at radius 1 is 1.26 bits per heavy atom. The van der Waals surface area contributed by atoms with Crippen LogP contribution in [0.25, 0.3) is 0 Å². The minimum absolute atomic E-state index is 0.529. The number of thiocyanates is 1. The van der Waals surface area contributed by atoms with Gasteiger partial charge in [-0.2, -0.15) is 5.26 Å². The van der Waals surface area contributed by atoms with Gasteiger partial charge in [-0.25, -0.2) is 0 Å². The molecule has 0 saturated heterocycles. The number of thioether (sulfide) groups is 1. The molecule has 0 aliphatic carbocycles. The molecule has 0 radical (unpaired) electrons. The molecule has 1 unspecified atom stereocenters. The zero-order valence-corrected chi connectivity index (χ0v) is 12.7. The minimum Gasteiger partial charge on any atom is -0.494 e. The van der Waals surface area contributed by atoms with Gasteiger partial charge in [0.05, 0.1) is 6.61 Å². The molecule has 0 N–H and O–H groups in total. The Morgan fingerprint density at radius 2 is 2.00 bits per heavy atom. The van der Waals surface area contributed by atoms with E-state index in [4.69, 9.17) is 10.00 Å². The normalized spacial score (nSPS) is 11.8. The van der Waals surface area contributed by atoms with Crippen LogP contribution in [0.4, 0.5) is 0 Å². The molecule has 0 aliphatic heterocycles. The van der Waals surface area contributed by atoms with Crippen molar-refractivity contribution < 1.29 is 4.74 Å². The van der Waals surface area contributed by atoms with E-state index < -0.39 is 0 Å². The highest BCUT2D eigenvalue weighted by Gasteiger charge is 2.04. The monoisotopic (exact) mass is 277 g/mol. The standard InChI is InChI=1S/C16H23NOS/c1-3-4-5-10-18-16-8-6-15(7-9-16)11-14(2)12-19-13-17/h6-9,14H,3-5,10-12H2,1-2H3. The van der Waals surface area contributed by atoms with E-state index in [1.54, 1.807) is 0 Å². The predicted molar refractivity (Wildman–Crippen MR) is 82.4 cm³/mol. The largest absolute Gasteiger partial charge is 0.494 e. The fraction of sp³-hybridized carbons (Fsp3) is 0.562. The van der Waals surface area contributed by atoms with Crippen LogP contribution in [0.2, 0.25) is 0 Å². The summed E-state index contributed by atoms with van der Waals surface area (Å²) in [5.74, 6) is 2.38. The summed E-state index contributed by atoms with van der Waals surface area (Å²) in [6.07, 6.45) is 4.60. The molecular formula is C16H23NOS. The highest BCUT2D eigenvalue weighted by atomic mass is 32.2. The number of nitriles is 1. The van der Waals surface area contributed by atoms with Gasteiger partial charge in [-0.05, 0) is 48.2 Å². The second-order valence-electron chi connectivity index (χ2n) is 4.91. The van der Waals surface area contributed by atoms with Gasteiger partial charge in [-0.15, -0.1) is 0 Å². The van der Waals surface area contributed by atoms with Crippen molar-refractivity contribution in [1.29, 1.82) is 5.26 Å². The molecule has 104 valence electrons. The van der Waals surface area contributed by atoms with Crippen LogP contribution in [0.3, 0.4) is 0 Å². The summed E-state index contributed by atoms with van der Waals surface area (Å²) in [7, 11) is 0. The van der Waals surface area contributed by atoms with Gasteiger partial charge in [0.15, 0.2) is 0 Å². The first-order chi connectivity index (χ1) is 9.26. The Balaban J connectivity index is 2.32. The Hall–Kier alpha value is -1.14. The molecule has 1 aromatic rings. The number of nitrogens with zero attached hydrogens (tertiary/aromatic N) is 1. The second-order valence-corrected chi connectivity index (χ2v) is 5.72. The molecule has 0 aromatic heterocycles. The topological polar surface area (TPSA) is 33.0 Å². The van der Waals surface area contributed by atoms with Gasteiger partial charge < -0.3 is 4.74 Å². The van der Waals surface area contributed by atoms with E-state index in [1.165, 1.54) is 30.2 Å². The lowest BCUT2D eigenvalue weighted by Gasteiger charge is -2.10. The predicted octanol–water partition coefficient (Wildman–Crippen LogP) is 4.65. The zero-order chi connectivity index (χ0) is 13.9. The average Bonchev–Trinajstić information content (AvgIpc) is 2.43. The molecule has 1 rings (SSSR count). The van der Waals surface area contributed by atoms with Crippen LogP contribution in [0.1, 0.15) is 38.7 Å². The molecule has 0 fully saturated rings. The fourth-order valence-corrected chi connectivity index (χ4v) is 2.38. The van der Waals surface area contributed by atoms with E-state index in [9.17, 15) is 0 Å². The summed E-state index contributed by atoms with van der Waals surface area (Å²) in [5.41, 5.74) is 1.31. The minimum atomic E-state index is 0.529. The van der Waals surface area contributed by atoms with Gasteiger partial charge >= 0.3 is 0 Å². The van der Waals surface area contributed by atoms with E-state index in [0.717, 1.165) is 31.0 Å². The first-order valence-corrected chi connectivity index (χ1v) is 7.97. The van der Waals surface area contributed by atoms with Crippen LogP contribution in [-0.2, 0) is 6.42 Å². The Bertz CT molecular complexity index is 383. The average molecular weight is 277 g/mol. The van der Waals surface area contributed by atoms with E-state index in [1.807, 2.05) is 12.1 Å². The molecule has 0 saturated carbocycles. The first kappa shape index (κ1) is 15.9. The number of ether oxygens (including phenoxy) is 1. The maximum absolute atomic E-state index is 8.53. The first-order valence-electron chi connectivity index (χ1n) is 6.99. The smallest absolute Gasteiger partial charge is 0.133 e. The van der Waals surface area contributed by atoms with Crippen LogP contribution in [-0.4, -0.2) is 12.4 Å². The van der Waals surface area contributed by atoms with E-state index in [-0.39, 0.29) is 0 Å². The molecule has 1 atom stereocenters. The summed E-state index contributed by atoms with van der Waals surface area (Å²) in [4.78, 5) is 0. The Morgan fingerprint density at radius 3 is 2.63 bits per heavy atom. The third-order valence-corrected chi connectivity index (χ3v) is 3.82. The van der Waals surface area contributed by atoms with Crippen molar-refractivity contribution in [2.24, 2.45) is 5.92 Å². The summed E-state index contributed by atoms with van der Waals surface area (Å²) in [6, 6.07) is 8.35. The van der Waals surface area contributed by atoms with Crippen molar-refractivity contribution in [3.05, 3.63) is 29.8 Å². The third-order valence-electron chi connectivity index (χ3n) is 2.96. The molecule has 3 heteroatoms. The van der Waals surface area contributed by atoms with Crippen molar-refractivity contribution in [3.63, 3.8) is 0 Å². The molecule has 0 aliphatic rings. The third kappa shape index (κ3) is 7.12. The number of unbranched alkanes of at least 4 members (excludes halogenated alkanes) is 2. The lowest BCUT2D eigenvalue weighted by Crippen LogP contribution is -2.02. The van der Waals surface area contributed by atoms with Gasteiger partial charge in [0.1, 0.15) is 11.2 Å². The quantitative estimate of drug-likeness (QED) is 0.486. The fourth-order valence-electron chi connectivity index (χ4n) is 1.90. The number of hydrogen-bond acceptors (Lipinski definition) is 3. The molecule has 0 bridgehead atoms. The van der Waals surface area contributed by atoms with Crippen molar-refractivity contribution in [1.82, 2.24) is 0 Å². The van der Waals surface area contributed by atoms with E-state index >= 15 is 0 Å². The summed E-state index contributed by atoms with van der Waals surface area (Å²) in [6.45, 7) is 5.18. The molecule has 0 heterocycles. The highest BCUT2D eigenvalue weighted by molar-refractivity contribution is 8.03. The van der Waals surface area contributed by atoms with Gasteiger partial charge in [-0.3, -0.25) is 0 Å². The maximum Gasteiger partial charge on any atom is 0.133 e. The van der Waals surface area contributed by atoms with Crippen LogP contribution in [0.15, 0.2) is 24.3 Å². The summed E-state index contributed by atoms with van der Waals surface area (Å²) < 4.78 is 5.69. The molecule has 0 amide bonds. The SMILES string of the molecule is CCCCCOc1ccc(CC(C)CSC#N)cc1. The molecule has 1 aromatic carbocycles. The summed E-state index contributed by atoms with van der Waals surface area (Å²) in [5, 5.41) is 10.7. The highest BCUT2D eigenvalue weighted by Crippen LogP contribution is 2.17. The molecule has 19 heavy (non-hydrogen) atoms. The zero-order valence-electron chi connectivity index (χ0n) is 11.9. The number of benzene rings is 1. The Labute approximate surface area is 121 Å². The van der Waals surface area contributed by atoms with Gasteiger partial charge in [0.25, 0.3) is 0 Å². The Kier molecular flexibility index (Phi) is 8.16. The lowest BCUT2D eigenvalue weighted by molar-refractivity contribution is 0.306. The van der Waals surface area contributed by atoms with Gasteiger partial charge in [0, 0.05) is 5.75 Å². The van der Waals surface area contributed by atoms with Crippen LogP contribution in [0.5, 0.6) is 5.75 Å². The van der Waals surface area contributed by atoms with Gasteiger partial charge in [0.2, 0.25) is 0 Å². The molecule has 0 spiro atoms. The maximum atomic E-state index is 8.53. The van der Waals surface area contributed by atoms with Crippen LogP contribution < -0.4 is 4.74 Å². The summed E-state index contributed by atoms with van der Waals surface area (Å²) >= 11 is 1.34. The van der Waals surface area contributed by atoms with Crippen LogP contribution in [0, 0.1) is 16.6 Å². The molecular weight excluding hydrogens is 254 g/mol. The van der Waals surface area contributed by atoms with E-state index in [0.29, 0.717) is 5.92 Å². The van der Waals surface area contributed by atoms with Crippen LogP contribution >= 0.6 is 11.8 Å². The van der Waals surface area contributed by atoms with Gasteiger partial charge in [-0.1, -0.05) is 38.8 Å². The lowest BCUT2D eigenvalue weighted by atomic mass is 10.0. The number of rotatable bonds is 9. The number of hydrogen-bond donors (Lipinski definition) is 0. The van der Waals surface area contributed by atoms with Crippen molar-refractivity contribution in [2.75, 3.05) is 12.4 Å². The molecule has 2 nitrogen and oxygen atoms in total. The van der Waals surface area contributed by atoms with E-state index in [2.05, 4.69) is 31.4 Å². The second kappa shape index (κ2) is 9.75. The van der Waals surface area contributed by atoms with Crippen molar-refractivity contribution in [2.45, 2.75) is 39.5 Å².